The molecule has 1 atom stereocenters. The molecule has 4 rings (SSSR count). The minimum atomic E-state index is -4.09. The van der Waals surface area contributed by atoms with Crippen LogP contribution >= 0.6 is 23.2 Å². The van der Waals surface area contributed by atoms with Crippen LogP contribution in [-0.2, 0) is 21.2 Å². The van der Waals surface area contributed by atoms with Crippen molar-refractivity contribution in [1.29, 1.82) is 0 Å². The van der Waals surface area contributed by atoms with Crippen LogP contribution in [0.5, 0.6) is 0 Å². The molecule has 178 valence electrons. The molecule has 1 saturated heterocycles. The zero-order chi connectivity index (χ0) is 24.1. The summed E-state index contributed by atoms with van der Waals surface area (Å²) < 4.78 is 29.0. The number of sulfonamides is 1. The molecule has 3 aromatic carbocycles. The van der Waals surface area contributed by atoms with Gasteiger partial charge in [-0.15, -0.1) is 0 Å². The summed E-state index contributed by atoms with van der Waals surface area (Å²) in [5, 5.41) is 0.284. The lowest BCUT2D eigenvalue weighted by atomic mass is 10.1. The van der Waals surface area contributed by atoms with Crippen molar-refractivity contribution in [3.8, 4) is 0 Å². The van der Waals surface area contributed by atoms with Crippen molar-refractivity contribution in [3.63, 3.8) is 0 Å². The fraction of sp³-hybridized carbons (Fsp3) is 0.240. The van der Waals surface area contributed by atoms with E-state index >= 15 is 0 Å². The monoisotopic (exact) mass is 517 g/mol. The van der Waals surface area contributed by atoms with Crippen LogP contribution < -0.4 is 9.62 Å². The molecule has 1 aliphatic rings. The van der Waals surface area contributed by atoms with Gasteiger partial charge in [0.2, 0.25) is 15.9 Å². The minimum Gasteiger partial charge on any atom is -0.368 e. The summed E-state index contributed by atoms with van der Waals surface area (Å²) in [5.74, 6) is -0.265. The highest BCUT2D eigenvalue weighted by Crippen LogP contribution is 2.25. The molecule has 3 aromatic rings. The van der Waals surface area contributed by atoms with Crippen molar-refractivity contribution < 1.29 is 13.2 Å². The lowest BCUT2D eigenvalue weighted by Crippen LogP contribution is -2.55. The van der Waals surface area contributed by atoms with E-state index in [4.69, 9.17) is 23.2 Å². The van der Waals surface area contributed by atoms with E-state index < -0.39 is 16.1 Å². The van der Waals surface area contributed by atoms with E-state index in [0.29, 0.717) is 26.2 Å². The van der Waals surface area contributed by atoms with Gasteiger partial charge in [0, 0.05) is 36.9 Å². The van der Waals surface area contributed by atoms with Crippen molar-refractivity contribution >= 4 is 44.8 Å². The third-order valence-electron chi connectivity index (χ3n) is 5.77. The second-order valence-electron chi connectivity index (χ2n) is 8.09. The fourth-order valence-electron chi connectivity index (χ4n) is 4.01. The summed E-state index contributed by atoms with van der Waals surface area (Å²) in [4.78, 5) is 17.3. The van der Waals surface area contributed by atoms with E-state index in [1.54, 1.807) is 4.90 Å². The molecular formula is C25H25Cl2N3O3S. The van der Waals surface area contributed by atoms with Crippen LogP contribution in [0.1, 0.15) is 5.56 Å². The lowest BCUT2D eigenvalue weighted by molar-refractivity contribution is -0.133. The van der Waals surface area contributed by atoms with E-state index in [0.717, 1.165) is 11.3 Å². The van der Waals surface area contributed by atoms with Gasteiger partial charge in [-0.3, -0.25) is 4.79 Å². The van der Waals surface area contributed by atoms with Gasteiger partial charge in [-0.05, 0) is 42.3 Å². The predicted octanol–water partition coefficient (Wildman–Crippen LogP) is 4.23. The summed E-state index contributed by atoms with van der Waals surface area (Å²) in [6.45, 7) is 2.33. The van der Waals surface area contributed by atoms with Gasteiger partial charge >= 0.3 is 0 Å². The Kier molecular flexibility index (Phi) is 7.78. The number of para-hydroxylation sites is 1. The summed E-state index contributed by atoms with van der Waals surface area (Å²) >= 11 is 12.2. The molecule has 1 heterocycles. The van der Waals surface area contributed by atoms with Gasteiger partial charge in [0.15, 0.2) is 0 Å². The van der Waals surface area contributed by atoms with E-state index in [1.165, 1.54) is 18.2 Å². The first-order valence-electron chi connectivity index (χ1n) is 10.9. The number of carbonyl (C=O) groups excluding carboxylic acids is 1. The fourth-order valence-corrected chi connectivity index (χ4v) is 5.96. The lowest BCUT2D eigenvalue weighted by Gasteiger charge is -2.37. The Balaban J connectivity index is 1.54. The first-order valence-corrected chi connectivity index (χ1v) is 13.2. The van der Waals surface area contributed by atoms with Gasteiger partial charge < -0.3 is 9.80 Å². The Morgan fingerprint density at radius 3 is 2.15 bits per heavy atom. The van der Waals surface area contributed by atoms with Gasteiger partial charge in [0.1, 0.15) is 10.9 Å². The third kappa shape index (κ3) is 5.91. The molecule has 0 saturated carbocycles. The standard InChI is InChI=1S/C25H25Cl2N3O3S/c26-20-11-12-22(27)24(18-20)34(32,33)28-23(17-19-7-3-1-4-8-19)25(31)30-15-13-29(14-16-30)21-9-5-2-6-10-21/h1-12,18,23,28H,13-17H2/t23-/m1/s1. The van der Waals surface area contributed by atoms with Crippen molar-refractivity contribution in [3.05, 3.63) is 94.5 Å². The van der Waals surface area contributed by atoms with E-state index in [-0.39, 0.29) is 27.3 Å². The van der Waals surface area contributed by atoms with Crippen molar-refractivity contribution in [1.82, 2.24) is 9.62 Å². The smallest absolute Gasteiger partial charge is 0.242 e. The average Bonchev–Trinajstić information content (AvgIpc) is 2.86. The van der Waals surface area contributed by atoms with Crippen molar-refractivity contribution in [2.24, 2.45) is 0 Å². The van der Waals surface area contributed by atoms with Crippen LogP contribution in [0.4, 0.5) is 5.69 Å². The molecule has 0 radical (unpaired) electrons. The van der Waals surface area contributed by atoms with Gasteiger partial charge in [-0.1, -0.05) is 71.7 Å². The number of hydrogen-bond acceptors (Lipinski definition) is 4. The summed E-state index contributed by atoms with van der Waals surface area (Å²) in [6, 6.07) is 22.6. The largest absolute Gasteiger partial charge is 0.368 e. The normalized spacial score (nSPS) is 15.2. The highest BCUT2D eigenvalue weighted by molar-refractivity contribution is 7.89. The summed E-state index contributed by atoms with van der Waals surface area (Å²) in [6.07, 6.45) is 0.218. The Labute approximate surface area is 210 Å². The Bertz CT molecular complexity index is 1230. The minimum absolute atomic E-state index is 0.0410. The number of amides is 1. The number of piperazine rings is 1. The number of hydrogen-bond donors (Lipinski definition) is 1. The second kappa shape index (κ2) is 10.8. The maximum absolute atomic E-state index is 13.5. The molecular weight excluding hydrogens is 493 g/mol. The maximum atomic E-state index is 13.5. The number of nitrogens with one attached hydrogen (secondary N) is 1. The molecule has 1 aliphatic heterocycles. The van der Waals surface area contributed by atoms with Crippen LogP contribution in [0.2, 0.25) is 10.0 Å². The molecule has 0 spiro atoms. The second-order valence-corrected chi connectivity index (χ2v) is 10.6. The highest BCUT2D eigenvalue weighted by atomic mass is 35.5. The topological polar surface area (TPSA) is 69.7 Å². The van der Waals surface area contributed by atoms with Gasteiger partial charge in [0.05, 0.1) is 5.02 Å². The Morgan fingerprint density at radius 1 is 0.882 bits per heavy atom. The Hall–Kier alpha value is -2.58. The SMILES string of the molecule is O=C([C@@H](Cc1ccccc1)NS(=O)(=O)c1cc(Cl)ccc1Cl)N1CCN(c2ccccc2)CC1. The van der Waals surface area contributed by atoms with E-state index in [1.807, 2.05) is 60.7 Å². The zero-order valence-electron chi connectivity index (χ0n) is 18.4. The van der Waals surface area contributed by atoms with E-state index in [9.17, 15) is 13.2 Å². The summed E-state index contributed by atoms with van der Waals surface area (Å²) in [5.41, 5.74) is 1.95. The van der Waals surface area contributed by atoms with Crippen LogP contribution in [0.25, 0.3) is 0 Å². The molecule has 0 bridgehead atoms. The predicted molar refractivity (Wildman–Crippen MR) is 136 cm³/mol. The van der Waals surface area contributed by atoms with Gasteiger partial charge in [-0.25, -0.2) is 8.42 Å². The number of carbonyl (C=O) groups is 1. The molecule has 1 fully saturated rings. The number of anilines is 1. The third-order valence-corrected chi connectivity index (χ3v) is 7.96. The zero-order valence-corrected chi connectivity index (χ0v) is 20.7. The van der Waals surface area contributed by atoms with Crippen LogP contribution in [-0.4, -0.2) is 51.4 Å². The highest BCUT2D eigenvalue weighted by Gasteiger charge is 2.32. The van der Waals surface area contributed by atoms with Crippen LogP contribution in [0.3, 0.4) is 0 Å². The molecule has 1 N–H and O–H groups in total. The van der Waals surface area contributed by atoms with E-state index in [2.05, 4.69) is 9.62 Å². The Morgan fingerprint density at radius 2 is 1.50 bits per heavy atom. The molecule has 0 unspecified atom stereocenters. The first kappa shape index (κ1) is 24.5. The van der Waals surface area contributed by atoms with Crippen LogP contribution in [0, 0.1) is 0 Å². The van der Waals surface area contributed by atoms with Crippen molar-refractivity contribution in [2.45, 2.75) is 17.4 Å². The number of rotatable bonds is 7. The molecule has 9 heteroatoms. The quantitative estimate of drug-likeness (QED) is 0.509. The van der Waals surface area contributed by atoms with Gasteiger partial charge in [0.25, 0.3) is 0 Å². The molecule has 34 heavy (non-hydrogen) atoms. The maximum Gasteiger partial charge on any atom is 0.242 e. The summed E-state index contributed by atoms with van der Waals surface area (Å²) in [7, 11) is -4.09. The molecule has 6 nitrogen and oxygen atoms in total. The average molecular weight is 518 g/mol. The first-order chi connectivity index (χ1) is 16.3. The van der Waals surface area contributed by atoms with Crippen LogP contribution in [0.15, 0.2) is 83.8 Å². The van der Waals surface area contributed by atoms with Gasteiger partial charge in [-0.2, -0.15) is 4.72 Å². The van der Waals surface area contributed by atoms with Crippen molar-refractivity contribution in [2.75, 3.05) is 31.1 Å². The number of halogens is 2. The molecule has 1 amide bonds. The molecule has 0 aromatic heterocycles. The number of nitrogens with zero attached hydrogens (tertiary/aromatic N) is 2. The molecule has 0 aliphatic carbocycles. The number of benzene rings is 3.